The maximum absolute atomic E-state index is 12.0. The van der Waals surface area contributed by atoms with Gasteiger partial charge in [-0.05, 0) is 58.8 Å². The predicted octanol–water partition coefficient (Wildman–Crippen LogP) is 5.74. The van der Waals surface area contributed by atoms with Crippen LogP contribution in [0.15, 0.2) is 33.6 Å². The fourth-order valence-electron chi connectivity index (χ4n) is 3.81. The first kappa shape index (κ1) is 20.5. The van der Waals surface area contributed by atoms with Crippen molar-refractivity contribution >= 4 is 39.2 Å². The maximum Gasteiger partial charge on any atom is 0.335 e. The fraction of sp³-hybridized carbons (Fsp3) is 0.591. The smallest absolute Gasteiger partial charge is 0.335 e. The van der Waals surface area contributed by atoms with Crippen LogP contribution in [0, 0.1) is 11.3 Å². The van der Waals surface area contributed by atoms with Gasteiger partial charge in [-0.3, -0.25) is 0 Å². The summed E-state index contributed by atoms with van der Waals surface area (Å²) in [6.07, 6.45) is 6.86. The second-order valence-corrected chi connectivity index (χ2v) is 11.2. The number of ether oxygens (including phenoxy) is 2. The minimum Gasteiger partial charge on any atom is -0.478 e. The summed E-state index contributed by atoms with van der Waals surface area (Å²) in [5.74, 6) is -1.28. The van der Waals surface area contributed by atoms with Crippen LogP contribution >= 0.6 is 27.7 Å². The van der Waals surface area contributed by atoms with Crippen molar-refractivity contribution in [3.63, 3.8) is 0 Å². The van der Waals surface area contributed by atoms with Gasteiger partial charge in [0.05, 0.1) is 18.8 Å². The molecule has 3 fully saturated rings. The molecule has 0 bridgehead atoms. The highest BCUT2D eigenvalue weighted by atomic mass is 79.9. The van der Waals surface area contributed by atoms with E-state index in [1.807, 2.05) is 36.0 Å². The number of carboxylic acid groups (broad SMARTS) is 1. The van der Waals surface area contributed by atoms with Crippen molar-refractivity contribution in [1.29, 1.82) is 0 Å². The van der Waals surface area contributed by atoms with Gasteiger partial charge in [0.25, 0.3) is 0 Å². The van der Waals surface area contributed by atoms with Crippen molar-refractivity contribution in [2.75, 3.05) is 13.2 Å². The molecule has 4 nitrogen and oxygen atoms in total. The molecule has 1 aliphatic heterocycles. The summed E-state index contributed by atoms with van der Waals surface area (Å²) in [5, 5.41) is 10.5. The van der Waals surface area contributed by atoms with Crippen LogP contribution in [0.2, 0.25) is 0 Å². The lowest BCUT2D eigenvalue weighted by molar-refractivity contribution is -0.295. The summed E-state index contributed by atoms with van der Waals surface area (Å²) in [6, 6.07) is 5.90. The molecular weight excluding hydrogens is 440 g/mol. The van der Waals surface area contributed by atoms with Crippen molar-refractivity contribution < 1.29 is 19.4 Å². The highest BCUT2D eigenvalue weighted by molar-refractivity contribution is 9.10. The number of carbonyl (C=O) groups is 1. The maximum atomic E-state index is 12.0. The third-order valence-electron chi connectivity index (χ3n) is 5.61. The molecule has 1 atom stereocenters. The predicted molar refractivity (Wildman–Crippen MR) is 114 cm³/mol. The molecule has 28 heavy (non-hydrogen) atoms. The van der Waals surface area contributed by atoms with Crippen LogP contribution in [0.25, 0.3) is 5.57 Å². The van der Waals surface area contributed by atoms with E-state index in [0.717, 1.165) is 29.3 Å². The number of carboxylic acids is 1. The lowest BCUT2D eigenvalue weighted by Crippen LogP contribution is -2.46. The first-order chi connectivity index (χ1) is 13.3. The molecule has 1 N–H and O–H groups in total. The van der Waals surface area contributed by atoms with E-state index in [1.54, 1.807) is 0 Å². The van der Waals surface area contributed by atoms with Crippen LogP contribution in [0.5, 0.6) is 0 Å². The Balaban J connectivity index is 1.50. The molecule has 152 valence electrons. The van der Waals surface area contributed by atoms with E-state index in [9.17, 15) is 9.90 Å². The van der Waals surface area contributed by atoms with Gasteiger partial charge in [-0.1, -0.05) is 26.0 Å². The van der Waals surface area contributed by atoms with E-state index >= 15 is 0 Å². The Morgan fingerprint density at radius 1 is 1.25 bits per heavy atom. The highest BCUT2D eigenvalue weighted by Crippen LogP contribution is 2.45. The Morgan fingerprint density at radius 2 is 1.96 bits per heavy atom. The van der Waals surface area contributed by atoms with E-state index in [-0.39, 0.29) is 11.3 Å². The van der Waals surface area contributed by atoms with Crippen LogP contribution < -0.4 is 0 Å². The molecular formula is C22H27BrO4S. The Labute approximate surface area is 179 Å². The minimum atomic E-state index is -0.887. The first-order valence-electron chi connectivity index (χ1n) is 9.95. The van der Waals surface area contributed by atoms with Crippen molar-refractivity contribution in [3.8, 4) is 0 Å². The SMILES string of the molecule is CC1(C)COC2(CCC(C=C(C(=O)O)c3ccc(SC4CC4)c(Br)c3)C2)OC1. The number of halogens is 1. The van der Waals surface area contributed by atoms with Crippen molar-refractivity contribution in [1.82, 2.24) is 0 Å². The molecule has 0 amide bonds. The number of hydrogen-bond acceptors (Lipinski definition) is 4. The second-order valence-electron chi connectivity index (χ2n) is 9.00. The van der Waals surface area contributed by atoms with Gasteiger partial charge in [-0.25, -0.2) is 4.79 Å². The lowest BCUT2D eigenvalue weighted by atomic mass is 9.94. The summed E-state index contributed by atoms with van der Waals surface area (Å²) in [6.45, 7) is 5.64. The summed E-state index contributed by atoms with van der Waals surface area (Å²) in [4.78, 5) is 13.2. The summed E-state index contributed by atoms with van der Waals surface area (Å²) in [7, 11) is 0. The molecule has 2 aliphatic carbocycles. The number of aliphatic carboxylic acids is 1. The molecule has 1 aromatic rings. The topological polar surface area (TPSA) is 55.8 Å². The molecule has 0 aromatic heterocycles. The molecule has 1 spiro atoms. The number of hydrogen-bond donors (Lipinski definition) is 1. The fourth-order valence-corrected chi connectivity index (χ4v) is 5.51. The van der Waals surface area contributed by atoms with E-state index in [0.29, 0.717) is 24.0 Å². The van der Waals surface area contributed by atoms with Gasteiger partial charge in [-0.15, -0.1) is 11.8 Å². The van der Waals surface area contributed by atoms with E-state index in [2.05, 4.69) is 29.8 Å². The minimum absolute atomic E-state index is 0.0396. The van der Waals surface area contributed by atoms with Gasteiger partial charge in [0.15, 0.2) is 5.79 Å². The van der Waals surface area contributed by atoms with Crippen LogP contribution in [0.4, 0.5) is 0 Å². The zero-order valence-corrected chi connectivity index (χ0v) is 18.8. The molecule has 1 unspecified atom stereocenters. The Kier molecular flexibility index (Phi) is 5.69. The molecule has 3 aliphatic rings. The normalized spacial score (nSPS) is 26.5. The molecule has 1 heterocycles. The molecule has 6 heteroatoms. The van der Waals surface area contributed by atoms with Gasteiger partial charge in [0, 0.05) is 32.9 Å². The Hall–Kier alpha value is -0.820. The van der Waals surface area contributed by atoms with Gasteiger partial charge in [-0.2, -0.15) is 0 Å². The first-order valence-corrected chi connectivity index (χ1v) is 11.6. The number of allylic oxidation sites excluding steroid dienone is 1. The van der Waals surface area contributed by atoms with Crippen molar-refractivity contribution in [2.45, 2.75) is 61.9 Å². The molecule has 1 aromatic carbocycles. The van der Waals surface area contributed by atoms with Crippen LogP contribution in [-0.4, -0.2) is 35.3 Å². The lowest BCUT2D eigenvalue weighted by Gasteiger charge is -2.41. The molecule has 0 radical (unpaired) electrons. The standard InChI is InChI=1S/C22H27BrO4S/c1-21(2)12-26-22(27-13-21)8-7-14(11-22)9-17(20(24)25)15-3-6-19(18(23)10-15)28-16-4-5-16/h3,6,9-10,14,16H,4-5,7-8,11-13H2,1-2H3,(H,24,25). The van der Waals surface area contributed by atoms with E-state index in [4.69, 9.17) is 9.47 Å². The number of rotatable bonds is 5. The molecule has 1 saturated heterocycles. The third-order valence-corrected chi connectivity index (χ3v) is 7.95. The zero-order valence-electron chi connectivity index (χ0n) is 16.4. The molecule has 2 saturated carbocycles. The Morgan fingerprint density at radius 3 is 2.57 bits per heavy atom. The third kappa shape index (κ3) is 4.66. The van der Waals surface area contributed by atoms with Crippen molar-refractivity contribution in [2.24, 2.45) is 11.3 Å². The van der Waals surface area contributed by atoms with Gasteiger partial charge >= 0.3 is 5.97 Å². The average molecular weight is 467 g/mol. The van der Waals surface area contributed by atoms with E-state index < -0.39 is 11.8 Å². The number of thioether (sulfide) groups is 1. The van der Waals surface area contributed by atoms with Crippen molar-refractivity contribution in [3.05, 3.63) is 34.3 Å². The van der Waals surface area contributed by atoms with Gasteiger partial charge < -0.3 is 14.6 Å². The Bertz CT molecular complexity index is 790. The largest absolute Gasteiger partial charge is 0.478 e. The van der Waals surface area contributed by atoms with Gasteiger partial charge in [0.1, 0.15) is 0 Å². The molecule has 4 rings (SSSR count). The second kappa shape index (κ2) is 7.78. The van der Waals surface area contributed by atoms with Gasteiger partial charge in [0.2, 0.25) is 0 Å². The van der Waals surface area contributed by atoms with Crippen LogP contribution in [0.3, 0.4) is 0 Å². The average Bonchev–Trinajstić information content (AvgIpc) is 3.37. The summed E-state index contributed by atoms with van der Waals surface area (Å²) in [5.41, 5.74) is 1.15. The van der Waals surface area contributed by atoms with Crippen LogP contribution in [-0.2, 0) is 14.3 Å². The number of benzene rings is 1. The summed E-state index contributed by atoms with van der Waals surface area (Å²) < 4.78 is 13.1. The van der Waals surface area contributed by atoms with Crippen LogP contribution in [0.1, 0.15) is 51.5 Å². The zero-order chi connectivity index (χ0) is 19.9. The summed E-state index contributed by atoms with van der Waals surface area (Å²) >= 11 is 5.49. The monoisotopic (exact) mass is 466 g/mol. The van der Waals surface area contributed by atoms with E-state index in [1.165, 1.54) is 17.7 Å². The quantitative estimate of drug-likeness (QED) is 0.560. The highest BCUT2D eigenvalue weighted by Gasteiger charge is 2.45.